The summed E-state index contributed by atoms with van der Waals surface area (Å²) in [7, 11) is 0. The normalized spacial score (nSPS) is 11.6. The summed E-state index contributed by atoms with van der Waals surface area (Å²) in [6.07, 6.45) is 3.25. The van der Waals surface area contributed by atoms with Crippen LogP contribution in [0.2, 0.25) is 0 Å². The van der Waals surface area contributed by atoms with Crippen molar-refractivity contribution in [2.24, 2.45) is 0 Å². The molecular weight excluding hydrogens is 296 g/mol. The molecule has 1 heterocycles. The van der Waals surface area contributed by atoms with Crippen LogP contribution in [0.15, 0.2) is 54.7 Å². The van der Waals surface area contributed by atoms with Crippen molar-refractivity contribution in [3.8, 4) is 0 Å². The van der Waals surface area contributed by atoms with Crippen molar-refractivity contribution in [1.29, 1.82) is 0 Å². The van der Waals surface area contributed by atoms with Crippen molar-refractivity contribution in [2.45, 2.75) is 39.2 Å². The second-order valence-electron chi connectivity index (χ2n) is 7.07. The average molecular weight is 320 g/mol. The fourth-order valence-corrected chi connectivity index (χ4v) is 3.20. The summed E-state index contributed by atoms with van der Waals surface area (Å²) in [5, 5.41) is 4.40. The first-order valence-corrected chi connectivity index (χ1v) is 8.35. The molecular formula is C21H24N2O. The van der Waals surface area contributed by atoms with Crippen LogP contribution in [-0.4, -0.2) is 16.4 Å². The lowest BCUT2D eigenvalue weighted by atomic mass is 9.94. The van der Waals surface area contributed by atoms with Crippen molar-refractivity contribution < 1.29 is 4.79 Å². The van der Waals surface area contributed by atoms with E-state index in [1.165, 1.54) is 10.9 Å². The lowest BCUT2D eigenvalue weighted by Crippen LogP contribution is -2.45. The molecule has 3 heteroatoms. The number of nitrogens with one attached hydrogen (secondary N) is 2. The number of aromatic nitrogens is 1. The Bertz CT molecular complexity index is 861. The van der Waals surface area contributed by atoms with Crippen LogP contribution in [0.1, 0.15) is 30.5 Å². The van der Waals surface area contributed by atoms with Gasteiger partial charge in [-0.15, -0.1) is 0 Å². The Hall–Kier alpha value is -2.55. The third kappa shape index (κ3) is 3.67. The molecule has 0 fully saturated rings. The van der Waals surface area contributed by atoms with E-state index in [0.29, 0.717) is 6.42 Å². The summed E-state index contributed by atoms with van der Waals surface area (Å²) in [6.45, 7) is 6.19. The molecule has 3 aromatic rings. The van der Waals surface area contributed by atoms with Gasteiger partial charge < -0.3 is 10.3 Å². The number of rotatable bonds is 5. The molecule has 0 unspecified atom stereocenters. The fraction of sp³-hybridized carbons (Fsp3) is 0.286. The summed E-state index contributed by atoms with van der Waals surface area (Å²) in [4.78, 5) is 15.8. The quantitative estimate of drug-likeness (QED) is 0.728. The predicted octanol–water partition coefficient (Wildman–Crippen LogP) is 4.16. The first kappa shape index (κ1) is 16.3. The van der Waals surface area contributed by atoms with Gasteiger partial charge in [0.1, 0.15) is 0 Å². The smallest absolute Gasteiger partial charge is 0.224 e. The van der Waals surface area contributed by atoms with E-state index in [4.69, 9.17) is 0 Å². The minimum Gasteiger partial charge on any atom is -0.361 e. The number of aromatic amines is 1. The maximum absolute atomic E-state index is 12.5. The number of hydrogen-bond acceptors (Lipinski definition) is 1. The maximum Gasteiger partial charge on any atom is 0.224 e. The summed E-state index contributed by atoms with van der Waals surface area (Å²) >= 11 is 0. The summed E-state index contributed by atoms with van der Waals surface area (Å²) in [6, 6.07) is 16.3. The highest BCUT2D eigenvalue weighted by atomic mass is 16.1. The van der Waals surface area contributed by atoms with Gasteiger partial charge in [-0.2, -0.15) is 0 Å². The van der Waals surface area contributed by atoms with Crippen molar-refractivity contribution in [3.63, 3.8) is 0 Å². The summed E-state index contributed by atoms with van der Waals surface area (Å²) < 4.78 is 0. The minimum absolute atomic E-state index is 0.0640. The van der Waals surface area contributed by atoms with Crippen LogP contribution in [-0.2, 0) is 17.6 Å². The fourth-order valence-electron chi connectivity index (χ4n) is 3.20. The number of fused-ring (bicyclic) bond motifs is 1. The summed E-state index contributed by atoms with van der Waals surface area (Å²) in [5.41, 5.74) is 4.30. The zero-order chi connectivity index (χ0) is 17.2. The predicted molar refractivity (Wildman–Crippen MR) is 99.1 cm³/mol. The highest BCUT2D eigenvalue weighted by molar-refractivity contribution is 5.83. The van der Waals surface area contributed by atoms with Crippen molar-refractivity contribution in [2.75, 3.05) is 0 Å². The van der Waals surface area contributed by atoms with Crippen LogP contribution in [0.25, 0.3) is 10.9 Å². The third-order valence-corrected chi connectivity index (χ3v) is 4.40. The van der Waals surface area contributed by atoms with E-state index in [9.17, 15) is 4.79 Å². The van der Waals surface area contributed by atoms with Crippen LogP contribution in [0.3, 0.4) is 0 Å². The molecule has 0 spiro atoms. The number of benzene rings is 2. The molecule has 0 bridgehead atoms. The molecule has 0 atom stereocenters. The molecule has 3 nitrogen and oxygen atoms in total. The molecule has 24 heavy (non-hydrogen) atoms. The number of H-pyrrole nitrogens is 1. The molecule has 0 aliphatic carbocycles. The Morgan fingerprint density at radius 1 is 1.04 bits per heavy atom. The van der Waals surface area contributed by atoms with Crippen LogP contribution >= 0.6 is 0 Å². The zero-order valence-electron chi connectivity index (χ0n) is 14.5. The minimum atomic E-state index is -0.301. The van der Waals surface area contributed by atoms with Crippen LogP contribution in [0.4, 0.5) is 0 Å². The topological polar surface area (TPSA) is 44.9 Å². The first-order chi connectivity index (χ1) is 11.4. The third-order valence-electron chi connectivity index (χ3n) is 4.40. The van der Waals surface area contributed by atoms with Crippen molar-refractivity contribution >= 4 is 16.8 Å². The number of carbonyl (C=O) groups is 1. The number of hydrogen-bond donors (Lipinski definition) is 2. The molecule has 0 saturated carbocycles. The van der Waals surface area contributed by atoms with Crippen LogP contribution in [0.5, 0.6) is 0 Å². The second-order valence-corrected chi connectivity index (χ2v) is 7.07. The van der Waals surface area contributed by atoms with E-state index in [1.54, 1.807) is 0 Å². The van der Waals surface area contributed by atoms with E-state index >= 15 is 0 Å². The van der Waals surface area contributed by atoms with Gasteiger partial charge in [0, 0.05) is 22.6 Å². The van der Waals surface area contributed by atoms with E-state index < -0.39 is 0 Å². The molecule has 0 aliphatic rings. The van der Waals surface area contributed by atoms with Crippen LogP contribution in [0, 0.1) is 6.92 Å². The van der Waals surface area contributed by atoms with Gasteiger partial charge in [0.15, 0.2) is 0 Å². The van der Waals surface area contributed by atoms with Crippen LogP contribution < -0.4 is 5.32 Å². The van der Waals surface area contributed by atoms with Gasteiger partial charge in [-0.05, 0) is 49.9 Å². The Kier molecular flexibility index (Phi) is 4.43. The molecule has 0 radical (unpaired) electrons. The van der Waals surface area contributed by atoms with Crippen molar-refractivity contribution in [1.82, 2.24) is 10.3 Å². The molecule has 0 saturated heterocycles. The van der Waals surface area contributed by atoms with E-state index in [2.05, 4.69) is 36.3 Å². The zero-order valence-corrected chi connectivity index (χ0v) is 14.5. The van der Waals surface area contributed by atoms with Gasteiger partial charge in [-0.1, -0.05) is 42.5 Å². The molecule has 1 aromatic heterocycles. The van der Waals surface area contributed by atoms with Gasteiger partial charge >= 0.3 is 0 Å². The molecule has 124 valence electrons. The first-order valence-electron chi connectivity index (χ1n) is 8.35. The lowest BCUT2D eigenvalue weighted by molar-refractivity contribution is -0.122. The summed E-state index contributed by atoms with van der Waals surface area (Å²) in [5.74, 6) is 0.0640. The van der Waals surface area contributed by atoms with Crippen molar-refractivity contribution in [3.05, 3.63) is 71.4 Å². The van der Waals surface area contributed by atoms with E-state index in [1.807, 2.05) is 49.5 Å². The largest absolute Gasteiger partial charge is 0.361 e. The highest BCUT2D eigenvalue weighted by Crippen LogP contribution is 2.22. The molecule has 0 aliphatic heterocycles. The Balaban J connectivity index is 1.69. The molecule has 2 aromatic carbocycles. The standard InChI is InChI=1S/C21H24N2O/c1-15-8-4-5-9-16(15)12-20(24)23-21(2,3)13-17-14-22-19-11-7-6-10-18(17)19/h4-11,14,22H,12-13H2,1-3H3,(H,23,24). The van der Waals surface area contributed by atoms with Gasteiger partial charge in [0.25, 0.3) is 0 Å². The van der Waals surface area contributed by atoms with Gasteiger partial charge in [-0.25, -0.2) is 0 Å². The molecule has 3 rings (SSSR count). The Morgan fingerprint density at radius 2 is 1.75 bits per heavy atom. The number of para-hydroxylation sites is 1. The van der Waals surface area contributed by atoms with Gasteiger partial charge in [0.2, 0.25) is 5.91 Å². The highest BCUT2D eigenvalue weighted by Gasteiger charge is 2.22. The van der Waals surface area contributed by atoms with Gasteiger partial charge in [-0.3, -0.25) is 4.79 Å². The number of aryl methyl sites for hydroxylation is 1. The van der Waals surface area contributed by atoms with E-state index in [-0.39, 0.29) is 11.4 Å². The molecule has 2 N–H and O–H groups in total. The van der Waals surface area contributed by atoms with E-state index in [0.717, 1.165) is 23.1 Å². The maximum atomic E-state index is 12.5. The monoisotopic (exact) mass is 320 g/mol. The number of carbonyl (C=O) groups excluding carboxylic acids is 1. The molecule has 1 amide bonds. The SMILES string of the molecule is Cc1ccccc1CC(=O)NC(C)(C)Cc1c[nH]c2ccccc12. The lowest BCUT2D eigenvalue weighted by Gasteiger charge is -2.26. The average Bonchev–Trinajstić information content (AvgIpc) is 2.92. The van der Waals surface area contributed by atoms with Gasteiger partial charge in [0.05, 0.1) is 6.42 Å². The number of amides is 1. The second kappa shape index (κ2) is 6.52. The Labute approximate surface area is 143 Å². The Morgan fingerprint density at radius 3 is 2.54 bits per heavy atom.